The lowest BCUT2D eigenvalue weighted by Crippen LogP contribution is -2.01. The van der Waals surface area contributed by atoms with Crippen molar-refractivity contribution in [3.8, 4) is 11.4 Å². The molecule has 2 aliphatic rings. The van der Waals surface area contributed by atoms with Crippen LogP contribution in [0.3, 0.4) is 0 Å². The van der Waals surface area contributed by atoms with Gasteiger partial charge in [-0.3, -0.25) is 23.8 Å². The van der Waals surface area contributed by atoms with Gasteiger partial charge >= 0.3 is 0 Å². The Morgan fingerprint density at radius 3 is 1.69 bits per heavy atom. The second kappa shape index (κ2) is 15.8. The molecular weight excluding hydrogens is 808 g/mol. The predicted molar refractivity (Wildman–Crippen MR) is 207 cm³/mol. The van der Waals surface area contributed by atoms with Gasteiger partial charge in [-0.05, 0) is 129 Å². The zero-order valence-corrected chi connectivity index (χ0v) is 32.4. The number of nitrogens with one attached hydrogen (secondary N) is 1. The molecule has 0 bridgehead atoms. The topological polar surface area (TPSA) is 98.5 Å². The number of ketones is 2. The minimum Gasteiger partial charge on any atom is -0.299 e. The van der Waals surface area contributed by atoms with Gasteiger partial charge in [-0.2, -0.15) is 0 Å². The fourth-order valence-corrected chi connectivity index (χ4v) is 7.81. The van der Waals surface area contributed by atoms with Crippen LogP contribution in [-0.4, -0.2) is 52.7 Å². The Kier molecular flexibility index (Phi) is 11.5. The lowest BCUT2D eigenvalue weighted by Gasteiger charge is -2.13. The molecule has 8 nitrogen and oxygen atoms in total. The van der Waals surface area contributed by atoms with E-state index in [-0.39, 0.29) is 17.4 Å². The van der Waals surface area contributed by atoms with Crippen LogP contribution in [0.2, 0.25) is 0 Å². The van der Waals surface area contributed by atoms with E-state index >= 15 is 0 Å². The molecule has 6 aromatic rings. The third-order valence-electron chi connectivity index (χ3n) is 8.20. The summed E-state index contributed by atoms with van der Waals surface area (Å²) in [4.78, 5) is 21.0. The number of carbonyl (C=O) groups excluding carboxylic acids is 2. The van der Waals surface area contributed by atoms with E-state index in [0.717, 1.165) is 22.4 Å². The maximum atomic E-state index is 11.3. The molecule has 1 N–H and O–H groups in total. The van der Waals surface area contributed by atoms with Gasteiger partial charge in [0.15, 0.2) is 5.16 Å². The highest BCUT2D eigenvalue weighted by Gasteiger charge is 2.27. The number of aromatic nitrogens is 6. The molecule has 0 atom stereocenters. The van der Waals surface area contributed by atoms with Crippen molar-refractivity contribution >= 4 is 101 Å². The first kappa shape index (κ1) is 35.7. The van der Waals surface area contributed by atoms with Gasteiger partial charge in [0.25, 0.3) is 0 Å². The van der Waals surface area contributed by atoms with Crippen LogP contribution in [-0.2, 0) is 9.59 Å². The van der Waals surface area contributed by atoms with Crippen LogP contribution >= 0.6 is 67.4 Å². The van der Waals surface area contributed by atoms with Gasteiger partial charge in [0.2, 0.25) is 14.2 Å². The van der Waals surface area contributed by atoms with Crippen LogP contribution in [0.15, 0.2) is 87.4 Å². The van der Waals surface area contributed by atoms with Crippen molar-refractivity contribution in [3.63, 3.8) is 0 Å². The highest BCUT2D eigenvalue weighted by Crippen LogP contribution is 2.45. The van der Waals surface area contributed by atoms with E-state index in [1.165, 1.54) is 77.0 Å². The van der Waals surface area contributed by atoms with Gasteiger partial charge in [-0.15, -0.1) is 26.9 Å². The zero-order valence-electron chi connectivity index (χ0n) is 26.8. The molecule has 0 aliphatic heterocycles. The number of hydrogen-bond donors (Lipinski definition) is 1. The fraction of sp³-hybridized carbons (Fsp3) is 0.278. The van der Waals surface area contributed by atoms with Crippen LogP contribution in [0.25, 0.3) is 32.9 Å². The number of alkyl halides is 1. The van der Waals surface area contributed by atoms with Crippen molar-refractivity contribution in [1.29, 1.82) is 0 Å². The Bertz CT molecular complexity index is 2220. The van der Waals surface area contributed by atoms with Crippen molar-refractivity contribution < 1.29 is 9.59 Å². The number of halogens is 3. The highest BCUT2D eigenvalue weighted by atomic mass is 79.9. The summed E-state index contributed by atoms with van der Waals surface area (Å²) in [6, 6.07) is 25.7. The SMILES string of the molecule is CC(=O)CCl.CC(=O)CSc1nnc(Br)n1-c1ccc(C2CC2)c2ccccc12.S=c1[nH]nc(Br)n1-c1ccc(C2CC2)c2ccccc12. The number of Topliss-reactive ketones (excluding diaryl/α,β-unsaturated/α-hetero) is 2. The van der Waals surface area contributed by atoms with Gasteiger partial charge in [-0.1, -0.05) is 72.4 Å². The number of benzene rings is 4. The molecule has 2 aromatic heterocycles. The lowest BCUT2D eigenvalue weighted by atomic mass is 9.99. The van der Waals surface area contributed by atoms with Gasteiger partial charge in [0.05, 0.1) is 23.0 Å². The van der Waals surface area contributed by atoms with Crippen molar-refractivity contribution in [2.75, 3.05) is 11.6 Å². The smallest absolute Gasteiger partial charge is 0.205 e. The molecule has 2 heterocycles. The van der Waals surface area contributed by atoms with E-state index in [0.29, 0.717) is 25.9 Å². The molecule has 13 heteroatoms. The minimum atomic E-state index is 0.0201. The largest absolute Gasteiger partial charge is 0.299 e. The summed E-state index contributed by atoms with van der Waals surface area (Å²) in [6.45, 7) is 3.04. The minimum absolute atomic E-state index is 0.0201. The lowest BCUT2D eigenvalue weighted by molar-refractivity contribution is -0.115. The monoisotopic (exact) mass is 838 g/mol. The average molecular weight is 841 g/mol. The Labute approximate surface area is 315 Å². The van der Waals surface area contributed by atoms with E-state index in [4.69, 9.17) is 23.8 Å². The third-order valence-corrected chi connectivity index (χ3v) is 11.0. The zero-order chi connectivity index (χ0) is 34.7. The number of fused-ring (bicyclic) bond motifs is 2. The number of aromatic amines is 1. The van der Waals surface area contributed by atoms with Crippen LogP contribution in [0, 0.1) is 4.77 Å². The molecule has 2 fully saturated rings. The summed E-state index contributed by atoms with van der Waals surface area (Å²) in [5.41, 5.74) is 4.99. The molecule has 49 heavy (non-hydrogen) atoms. The maximum absolute atomic E-state index is 11.3. The second-order valence-corrected chi connectivity index (χ2v) is 15.0. The van der Waals surface area contributed by atoms with Crippen LogP contribution in [0.5, 0.6) is 0 Å². The number of H-pyrrole nitrogens is 1. The summed E-state index contributed by atoms with van der Waals surface area (Å²) in [5.74, 6) is 2.10. The first-order chi connectivity index (χ1) is 23.7. The molecule has 0 spiro atoms. The van der Waals surface area contributed by atoms with E-state index < -0.39 is 0 Å². The maximum Gasteiger partial charge on any atom is 0.205 e. The Balaban J connectivity index is 0.000000152. The van der Waals surface area contributed by atoms with E-state index in [1.807, 2.05) is 9.13 Å². The number of hydrogen-bond acceptors (Lipinski definition) is 7. The highest BCUT2D eigenvalue weighted by molar-refractivity contribution is 9.10. The van der Waals surface area contributed by atoms with Crippen molar-refractivity contribution in [2.45, 2.75) is 56.5 Å². The van der Waals surface area contributed by atoms with Gasteiger partial charge in [0.1, 0.15) is 11.6 Å². The number of carbonyl (C=O) groups is 2. The van der Waals surface area contributed by atoms with Gasteiger partial charge in [0, 0.05) is 10.8 Å². The van der Waals surface area contributed by atoms with Gasteiger partial charge < -0.3 is 0 Å². The van der Waals surface area contributed by atoms with Crippen LogP contribution < -0.4 is 0 Å². The van der Waals surface area contributed by atoms with E-state index in [9.17, 15) is 9.59 Å². The third kappa shape index (κ3) is 8.26. The van der Waals surface area contributed by atoms with Crippen LogP contribution in [0.1, 0.15) is 62.5 Å². The molecular formula is C36H33Br2ClN6O2S2. The summed E-state index contributed by atoms with van der Waals surface area (Å²) in [7, 11) is 0. The van der Waals surface area contributed by atoms with Crippen molar-refractivity contribution in [1.82, 2.24) is 29.5 Å². The molecule has 2 saturated carbocycles. The summed E-state index contributed by atoms with van der Waals surface area (Å²) in [5, 5.41) is 21.1. The van der Waals surface area contributed by atoms with Crippen molar-refractivity contribution in [2.24, 2.45) is 0 Å². The first-order valence-electron chi connectivity index (χ1n) is 15.8. The summed E-state index contributed by atoms with van der Waals surface area (Å²) in [6.07, 6.45) is 5.16. The Morgan fingerprint density at radius 1 is 0.776 bits per heavy atom. The predicted octanol–water partition coefficient (Wildman–Crippen LogP) is 10.3. The quantitative estimate of drug-likeness (QED) is 0.0926. The molecule has 8 rings (SSSR count). The molecule has 0 saturated heterocycles. The second-order valence-electron chi connectivity index (χ2n) is 12.0. The first-order valence-corrected chi connectivity index (χ1v) is 19.3. The standard InChI is InChI=1S/C18H16BrN3OS.C15H12BrN3S.C3H5ClO/c1-11(23)10-24-18-21-20-17(19)22(18)16-9-8-13(12-6-7-12)14-4-2-3-5-15(14)16;16-14-17-18-15(20)19(14)13-8-7-10(9-5-6-9)11-3-1-2-4-12(11)13;1-3(5)2-4/h2-5,8-9,12H,6-7,10H2,1H3;1-4,7-9H,5-6H2,(H,18,20);2H2,1H3. The molecule has 0 amide bonds. The summed E-state index contributed by atoms with van der Waals surface area (Å²) < 4.78 is 5.85. The Hall–Kier alpha value is -3.16. The van der Waals surface area contributed by atoms with Crippen molar-refractivity contribution in [3.05, 3.63) is 98.2 Å². The van der Waals surface area contributed by atoms with Gasteiger partial charge in [-0.25, -0.2) is 0 Å². The number of nitrogens with zero attached hydrogens (tertiary/aromatic N) is 5. The molecule has 4 aromatic carbocycles. The Morgan fingerprint density at radius 2 is 1.27 bits per heavy atom. The summed E-state index contributed by atoms with van der Waals surface area (Å²) >= 11 is 18.7. The molecule has 0 unspecified atom stereocenters. The number of rotatable bonds is 8. The molecule has 0 radical (unpaired) electrons. The normalized spacial score (nSPS) is 13.8. The fourth-order valence-electron chi connectivity index (χ4n) is 5.70. The van der Waals surface area contributed by atoms with E-state index in [2.05, 4.69) is 125 Å². The van der Waals surface area contributed by atoms with Crippen LogP contribution in [0.4, 0.5) is 0 Å². The number of thioether (sulfide) groups is 1. The molecule has 2 aliphatic carbocycles. The average Bonchev–Trinajstić information content (AvgIpc) is 4.05. The molecule has 252 valence electrons. The van der Waals surface area contributed by atoms with E-state index in [1.54, 1.807) is 6.92 Å².